The molecule has 8 heteroatoms. The van der Waals surface area contributed by atoms with Crippen LogP contribution < -0.4 is 10.6 Å². The van der Waals surface area contributed by atoms with Crippen molar-refractivity contribution in [2.75, 3.05) is 13.7 Å². The first-order chi connectivity index (χ1) is 17.0. The number of pyridine rings is 1. The number of halogens is 1. The second-order valence-electron chi connectivity index (χ2n) is 8.65. The number of nitrogens with zero attached hydrogens (tertiary/aromatic N) is 2. The van der Waals surface area contributed by atoms with Crippen molar-refractivity contribution >= 4 is 23.5 Å². The van der Waals surface area contributed by atoms with Gasteiger partial charge in [-0.1, -0.05) is 41.9 Å². The molecule has 35 heavy (non-hydrogen) atoms. The van der Waals surface area contributed by atoms with Gasteiger partial charge < -0.3 is 15.4 Å². The van der Waals surface area contributed by atoms with Gasteiger partial charge >= 0.3 is 5.97 Å². The number of aromatic nitrogens is 1. The molecule has 2 N–H and O–H groups in total. The predicted molar refractivity (Wildman–Crippen MR) is 135 cm³/mol. The van der Waals surface area contributed by atoms with Crippen LogP contribution in [-0.4, -0.2) is 47.5 Å². The first-order valence-corrected chi connectivity index (χ1v) is 12.0. The van der Waals surface area contributed by atoms with Crippen molar-refractivity contribution in [1.29, 1.82) is 0 Å². The van der Waals surface area contributed by atoms with Crippen molar-refractivity contribution < 1.29 is 14.3 Å². The van der Waals surface area contributed by atoms with Gasteiger partial charge in [0.1, 0.15) is 0 Å². The minimum absolute atomic E-state index is 0.00884. The highest BCUT2D eigenvalue weighted by molar-refractivity contribution is 6.30. The second-order valence-corrected chi connectivity index (χ2v) is 9.09. The molecular weight excluding hydrogens is 464 g/mol. The highest BCUT2D eigenvalue weighted by atomic mass is 35.5. The highest BCUT2D eigenvalue weighted by Gasteiger charge is 2.36. The van der Waals surface area contributed by atoms with Crippen molar-refractivity contribution in [3.05, 3.63) is 100 Å². The predicted octanol–water partition coefficient (Wildman–Crippen LogP) is 3.57. The summed E-state index contributed by atoms with van der Waals surface area (Å²) in [5, 5.41) is 7.34. The lowest BCUT2D eigenvalue weighted by molar-refractivity contribution is -0.125. The van der Waals surface area contributed by atoms with Crippen LogP contribution in [-0.2, 0) is 29.2 Å². The molecule has 2 atom stereocenters. The molecule has 1 aliphatic heterocycles. The average molecular weight is 493 g/mol. The Kier molecular flexibility index (Phi) is 8.47. The summed E-state index contributed by atoms with van der Waals surface area (Å²) in [6.07, 6.45) is 4.18. The van der Waals surface area contributed by atoms with E-state index in [0.29, 0.717) is 36.6 Å². The Balaban J connectivity index is 1.39. The Morgan fingerprint density at radius 1 is 1.03 bits per heavy atom. The normalized spacial score (nSPS) is 17.8. The van der Waals surface area contributed by atoms with Crippen molar-refractivity contribution in [2.45, 2.75) is 38.1 Å². The first kappa shape index (κ1) is 24.9. The van der Waals surface area contributed by atoms with E-state index in [9.17, 15) is 9.59 Å². The van der Waals surface area contributed by atoms with Crippen LogP contribution in [0.5, 0.6) is 0 Å². The number of rotatable bonds is 9. The molecule has 0 radical (unpaired) electrons. The zero-order valence-corrected chi connectivity index (χ0v) is 20.4. The third kappa shape index (κ3) is 6.88. The number of likely N-dealkylation sites (tertiary alicyclic amines) is 1. The standard InChI is InChI=1S/C27H29ClN4O3/c1-35-27(34)22-8-4-19(5-9-22)15-30-24-13-25(26(33)31-16-21-3-2-12-29-14-21)32(18-24)17-20-6-10-23(28)11-7-20/h2-12,14,24-25,30H,13,15-18H2,1H3,(H,31,33)/t24-,25-/m0/s1. The van der Waals surface area contributed by atoms with Crippen LogP contribution >= 0.6 is 11.6 Å². The molecule has 1 amide bonds. The van der Waals surface area contributed by atoms with E-state index in [4.69, 9.17) is 16.3 Å². The maximum atomic E-state index is 13.2. The molecular formula is C27H29ClN4O3. The van der Waals surface area contributed by atoms with Gasteiger partial charge in [-0.3, -0.25) is 14.7 Å². The van der Waals surface area contributed by atoms with Crippen LogP contribution in [0.1, 0.15) is 33.5 Å². The van der Waals surface area contributed by atoms with E-state index < -0.39 is 0 Å². The van der Waals surface area contributed by atoms with Gasteiger partial charge in [0, 0.05) is 49.6 Å². The van der Waals surface area contributed by atoms with Crippen LogP contribution in [0.3, 0.4) is 0 Å². The van der Waals surface area contributed by atoms with Gasteiger partial charge in [0.15, 0.2) is 0 Å². The maximum absolute atomic E-state index is 13.2. The van der Waals surface area contributed by atoms with E-state index in [1.54, 1.807) is 24.5 Å². The summed E-state index contributed by atoms with van der Waals surface area (Å²) in [4.78, 5) is 31.1. The molecule has 1 aliphatic rings. The third-order valence-corrected chi connectivity index (χ3v) is 6.42. The minimum Gasteiger partial charge on any atom is -0.465 e. The maximum Gasteiger partial charge on any atom is 0.337 e. The highest BCUT2D eigenvalue weighted by Crippen LogP contribution is 2.22. The molecule has 0 saturated carbocycles. The summed E-state index contributed by atoms with van der Waals surface area (Å²) in [5.41, 5.74) is 3.66. The number of hydrogen-bond donors (Lipinski definition) is 2. The number of carbonyl (C=O) groups excluding carboxylic acids is 2. The molecule has 1 saturated heterocycles. The summed E-state index contributed by atoms with van der Waals surface area (Å²) < 4.78 is 4.76. The van der Waals surface area contributed by atoms with Crippen LogP contribution in [0.4, 0.5) is 0 Å². The molecule has 0 bridgehead atoms. The number of ether oxygens (including phenoxy) is 1. The van der Waals surface area contributed by atoms with E-state index in [0.717, 1.165) is 23.2 Å². The molecule has 7 nitrogen and oxygen atoms in total. The molecule has 1 fully saturated rings. The molecule has 2 heterocycles. The molecule has 3 aromatic rings. The summed E-state index contributed by atoms with van der Waals surface area (Å²) >= 11 is 6.05. The lowest BCUT2D eigenvalue weighted by Crippen LogP contribution is -2.42. The van der Waals surface area contributed by atoms with Crippen molar-refractivity contribution in [3.8, 4) is 0 Å². The van der Waals surface area contributed by atoms with E-state index in [-0.39, 0.29) is 24.0 Å². The Hall–Kier alpha value is -3.26. The summed E-state index contributed by atoms with van der Waals surface area (Å²) in [7, 11) is 1.37. The van der Waals surface area contributed by atoms with Gasteiger partial charge in [-0.25, -0.2) is 4.79 Å². The van der Waals surface area contributed by atoms with Gasteiger partial charge in [-0.15, -0.1) is 0 Å². The van der Waals surface area contributed by atoms with E-state index in [1.165, 1.54) is 7.11 Å². The summed E-state index contributed by atoms with van der Waals surface area (Å²) in [6, 6.07) is 18.8. The Labute approximate surface area is 210 Å². The van der Waals surface area contributed by atoms with Gasteiger partial charge in [0.25, 0.3) is 0 Å². The monoisotopic (exact) mass is 492 g/mol. The molecule has 1 aromatic heterocycles. The van der Waals surface area contributed by atoms with Crippen LogP contribution in [0, 0.1) is 0 Å². The Morgan fingerprint density at radius 3 is 2.46 bits per heavy atom. The Bertz CT molecular complexity index is 1120. The number of carbonyl (C=O) groups is 2. The summed E-state index contributed by atoms with van der Waals surface area (Å²) in [5.74, 6) is -0.340. The largest absolute Gasteiger partial charge is 0.465 e. The quantitative estimate of drug-likeness (QED) is 0.444. The van der Waals surface area contributed by atoms with Crippen LogP contribution in [0.2, 0.25) is 5.02 Å². The fraction of sp³-hybridized carbons (Fsp3) is 0.296. The topological polar surface area (TPSA) is 83.6 Å². The number of methoxy groups -OCH3 is 1. The number of nitrogens with one attached hydrogen (secondary N) is 2. The van der Waals surface area contributed by atoms with Crippen molar-refractivity contribution in [1.82, 2.24) is 20.5 Å². The second kappa shape index (κ2) is 11.9. The van der Waals surface area contributed by atoms with Gasteiger partial charge in [-0.2, -0.15) is 0 Å². The lowest BCUT2D eigenvalue weighted by Gasteiger charge is -2.23. The molecule has 4 rings (SSSR count). The molecule has 0 spiro atoms. The first-order valence-electron chi connectivity index (χ1n) is 11.6. The zero-order chi connectivity index (χ0) is 24.6. The van der Waals surface area contributed by atoms with E-state index in [1.807, 2.05) is 48.5 Å². The molecule has 2 aromatic carbocycles. The summed E-state index contributed by atoms with van der Waals surface area (Å²) in [6.45, 7) is 2.50. The molecule has 0 unspecified atom stereocenters. The SMILES string of the molecule is COC(=O)c1ccc(CN[C@H]2C[C@@H](C(=O)NCc3cccnc3)N(Cc3ccc(Cl)cc3)C2)cc1. The van der Waals surface area contributed by atoms with Crippen LogP contribution in [0.25, 0.3) is 0 Å². The van der Waals surface area contributed by atoms with Gasteiger partial charge in [0.05, 0.1) is 18.7 Å². The average Bonchev–Trinajstić information content (AvgIpc) is 3.30. The van der Waals surface area contributed by atoms with Gasteiger partial charge in [0.2, 0.25) is 5.91 Å². The lowest BCUT2D eigenvalue weighted by atomic mass is 10.1. The Morgan fingerprint density at radius 2 is 1.77 bits per heavy atom. The number of amides is 1. The van der Waals surface area contributed by atoms with Crippen molar-refractivity contribution in [3.63, 3.8) is 0 Å². The van der Waals surface area contributed by atoms with E-state index in [2.05, 4.69) is 20.5 Å². The van der Waals surface area contributed by atoms with Crippen molar-refractivity contribution in [2.24, 2.45) is 0 Å². The number of hydrogen-bond acceptors (Lipinski definition) is 6. The third-order valence-electron chi connectivity index (χ3n) is 6.16. The zero-order valence-electron chi connectivity index (χ0n) is 19.6. The smallest absolute Gasteiger partial charge is 0.337 e. The fourth-order valence-electron chi connectivity index (χ4n) is 4.27. The number of esters is 1. The minimum atomic E-state index is -0.349. The fourth-order valence-corrected chi connectivity index (χ4v) is 4.40. The van der Waals surface area contributed by atoms with Gasteiger partial charge in [-0.05, 0) is 53.4 Å². The molecule has 182 valence electrons. The molecule has 0 aliphatic carbocycles. The van der Waals surface area contributed by atoms with E-state index >= 15 is 0 Å². The number of benzene rings is 2. The van der Waals surface area contributed by atoms with Crippen LogP contribution in [0.15, 0.2) is 73.1 Å².